The highest BCUT2D eigenvalue weighted by atomic mass is 16.6. The Balaban J connectivity index is 1.51. The van der Waals surface area contributed by atoms with Gasteiger partial charge in [-0.05, 0) is 37.3 Å². The molecule has 7 rings (SSSR count). The fourth-order valence-electron chi connectivity index (χ4n) is 6.08. The number of rotatable bonds is 0. The average molecular weight is 310 g/mol. The number of benzene rings is 1. The van der Waals surface area contributed by atoms with Crippen LogP contribution < -0.4 is 0 Å². The van der Waals surface area contributed by atoms with Crippen molar-refractivity contribution < 1.29 is 9.84 Å². The highest BCUT2D eigenvalue weighted by molar-refractivity contribution is 5.85. The molecule has 7 atom stereocenters. The second kappa shape index (κ2) is 4.00. The number of nitrogens with zero attached hydrogens (tertiary/aromatic N) is 1. The number of para-hydroxylation sites is 1. The third-order valence-corrected chi connectivity index (χ3v) is 7.14. The molecule has 4 fully saturated rings. The number of aliphatic hydroxyl groups is 1. The zero-order valence-electron chi connectivity index (χ0n) is 13.3. The highest BCUT2D eigenvalue weighted by Gasteiger charge is 2.61. The summed E-state index contributed by atoms with van der Waals surface area (Å²) in [6, 6.07) is 9.78. The Bertz CT molecular complexity index is 811. The molecule has 4 nitrogen and oxygen atoms in total. The molecule has 4 heteroatoms. The van der Waals surface area contributed by atoms with Crippen molar-refractivity contribution in [2.45, 2.75) is 37.6 Å². The van der Waals surface area contributed by atoms with Crippen molar-refractivity contribution in [3.63, 3.8) is 0 Å². The molecule has 2 N–H and O–H groups in total. The standard InChI is InChI=1S/C19H22N2O2/c1-19(22)14-8-21-16-7-12-10-4-2-3-5-15(10)20-18(12)17(21)6-11(14)13(16)9-23-19/h2-5,11,13-14,16-17,20,22H,6-9H2,1H3/t11?,13-,14?,16+,17+,19-/m1/s1. The van der Waals surface area contributed by atoms with Crippen molar-refractivity contribution in [3.05, 3.63) is 35.5 Å². The topological polar surface area (TPSA) is 48.5 Å². The molecule has 2 aromatic rings. The summed E-state index contributed by atoms with van der Waals surface area (Å²) in [5, 5.41) is 12.0. The summed E-state index contributed by atoms with van der Waals surface area (Å²) >= 11 is 0. The Morgan fingerprint density at radius 3 is 3.09 bits per heavy atom. The van der Waals surface area contributed by atoms with Gasteiger partial charge in [0.25, 0.3) is 0 Å². The molecule has 6 bridgehead atoms. The first-order valence-corrected chi connectivity index (χ1v) is 8.85. The second-order valence-corrected chi connectivity index (χ2v) is 8.08. The normalized spacial score (nSPS) is 46.9. The Hall–Kier alpha value is -1.36. The summed E-state index contributed by atoms with van der Waals surface area (Å²) in [5.41, 5.74) is 4.24. The number of aromatic nitrogens is 1. The number of ether oxygens (including phenoxy) is 1. The fourth-order valence-corrected chi connectivity index (χ4v) is 6.08. The largest absolute Gasteiger partial charge is 0.365 e. The van der Waals surface area contributed by atoms with Gasteiger partial charge in [0.1, 0.15) is 0 Å². The zero-order chi connectivity index (χ0) is 15.3. The van der Waals surface area contributed by atoms with Gasteiger partial charge in [-0.25, -0.2) is 0 Å². The van der Waals surface area contributed by atoms with Crippen LogP contribution in [0.15, 0.2) is 24.3 Å². The van der Waals surface area contributed by atoms with Crippen LogP contribution in [0.3, 0.4) is 0 Å². The fraction of sp³-hybridized carbons (Fsp3) is 0.579. The van der Waals surface area contributed by atoms with Gasteiger partial charge in [-0.2, -0.15) is 0 Å². The number of piperidine rings is 3. The predicted molar refractivity (Wildman–Crippen MR) is 86.9 cm³/mol. The molecule has 3 unspecified atom stereocenters. The van der Waals surface area contributed by atoms with Crippen LogP contribution in [0.25, 0.3) is 10.9 Å². The van der Waals surface area contributed by atoms with Gasteiger partial charge in [0.15, 0.2) is 5.79 Å². The van der Waals surface area contributed by atoms with Crippen LogP contribution in [0.4, 0.5) is 0 Å². The molecule has 0 saturated carbocycles. The Kier molecular flexibility index (Phi) is 2.26. The molecule has 0 aliphatic carbocycles. The van der Waals surface area contributed by atoms with E-state index in [0.717, 1.165) is 19.4 Å². The third kappa shape index (κ3) is 1.48. The summed E-state index contributed by atoms with van der Waals surface area (Å²) in [5.74, 6) is 0.489. The van der Waals surface area contributed by atoms with Gasteiger partial charge in [-0.15, -0.1) is 0 Å². The van der Waals surface area contributed by atoms with Gasteiger partial charge in [0.2, 0.25) is 0 Å². The molecule has 5 aliphatic rings. The van der Waals surface area contributed by atoms with Gasteiger partial charge in [0.05, 0.1) is 12.6 Å². The molecule has 23 heavy (non-hydrogen) atoms. The van der Waals surface area contributed by atoms with E-state index in [1.165, 1.54) is 22.2 Å². The highest BCUT2D eigenvalue weighted by Crippen LogP contribution is 2.58. The van der Waals surface area contributed by atoms with E-state index in [1.807, 2.05) is 6.92 Å². The van der Waals surface area contributed by atoms with Crippen LogP contribution in [0.1, 0.15) is 30.6 Å². The minimum atomic E-state index is -0.947. The molecule has 0 spiro atoms. The number of aromatic amines is 1. The molecule has 1 aromatic heterocycles. The van der Waals surface area contributed by atoms with Crippen molar-refractivity contribution in [1.82, 2.24) is 9.88 Å². The maximum atomic E-state index is 10.6. The van der Waals surface area contributed by atoms with E-state index < -0.39 is 5.79 Å². The number of nitrogens with one attached hydrogen (secondary N) is 1. The monoisotopic (exact) mass is 310 g/mol. The van der Waals surface area contributed by atoms with Crippen molar-refractivity contribution in [3.8, 4) is 0 Å². The first kappa shape index (κ1) is 13.0. The zero-order valence-corrected chi connectivity index (χ0v) is 13.3. The smallest absolute Gasteiger partial charge is 0.166 e. The lowest BCUT2D eigenvalue weighted by Gasteiger charge is -2.64. The van der Waals surface area contributed by atoms with Gasteiger partial charge in [-0.1, -0.05) is 18.2 Å². The maximum absolute atomic E-state index is 10.6. The van der Waals surface area contributed by atoms with Crippen molar-refractivity contribution in [2.24, 2.45) is 17.8 Å². The molecule has 1 aromatic carbocycles. The summed E-state index contributed by atoms with van der Waals surface area (Å²) in [6.07, 6.45) is 2.28. The Morgan fingerprint density at radius 2 is 2.17 bits per heavy atom. The quantitative estimate of drug-likeness (QED) is 0.786. The molecule has 5 aliphatic heterocycles. The van der Waals surface area contributed by atoms with E-state index in [-0.39, 0.29) is 5.92 Å². The summed E-state index contributed by atoms with van der Waals surface area (Å²) in [7, 11) is 0. The average Bonchev–Trinajstić information content (AvgIpc) is 2.92. The summed E-state index contributed by atoms with van der Waals surface area (Å²) < 4.78 is 5.85. The molecular weight excluding hydrogens is 288 g/mol. The first-order chi connectivity index (χ1) is 11.1. The van der Waals surface area contributed by atoms with Crippen molar-refractivity contribution in [2.75, 3.05) is 13.2 Å². The molecule has 4 saturated heterocycles. The van der Waals surface area contributed by atoms with E-state index in [0.29, 0.717) is 30.5 Å². The van der Waals surface area contributed by atoms with Gasteiger partial charge in [-0.3, -0.25) is 4.90 Å². The number of hydrogen-bond donors (Lipinski definition) is 2. The first-order valence-electron chi connectivity index (χ1n) is 8.85. The predicted octanol–water partition coefficient (Wildman–Crippen LogP) is 2.44. The van der Waals surface area contributed by atoms with Crippen LogP contribution in [0.2, 0.25) is 0 Å². The van der Waals surface area contributed by atoms with Gasteiger partial charge >= 0.3 is 0 Å². The van der Waals surface area contributed by atoms with E-state index in [2.05, 4.69) is 34.1 Å². The minimum absolute atomic E-state index is 0.264. The van der Waals surface area contributed by atoms with E-state index in [1.54, 1.807) is 0 Å². The maximum Gasteiger partial charge on any atom is 0.166 e. The molecule has 0 radical (unpaired) electrons. The summed E-state index contributed by atoms with van der Waals surface area (Å²) in [4.78, 5) is 6.38. The van der Waals surface area contributed by atoms with E-state index in [4.69, 9.17) is 4.74 Å². The van der Waals surface area contributed by atoms with Crippen LogP contribution >= 0.6 is 0 Å². The SMILES string of the molecule is C[C@@]1(O)OC[C@@H]2C3C[C@H]4c5[nH]c6ccccc6c5C[C@@H]2N4CC31. The van der Waals surface area contributed by atoms with Crippen molar-refractivity contribution in [1.29, 1.82) is 0 Å². The van der Waals surface area contributed by atoms with Crippen LogP contribution in [0.5, 0.6) is 0 Å². The summed E-state index contributed by atoms with van der Waals surface area (Å²) in [6.45, 7) is 3.54. The molecule has 0 amide bonds. The number of hydrogen-bond acceptors (Lipinski definition) is 3. The number of fused-ring (bicyclic) bond motifs is 3. The van der Waals surface area contributed by atoms with E-state index >= 15 is 0 Å². The third-order valence-electron chi connectivity index (χ3n) is 7.14. The Morgan fingerprint density at radius 1 is 1.30 bits per heavy atom. The van der Waals surface area contributed by atoms with Crippen LogP contribution in [0, 0.1) is 17.8 Å². The Labute approximate surface area is 135 Å². The minimum Gasteiger partial charge on any atom is -0.365 e. The van der Waals surface area contributed by atoms with Crippen molar-refractivity contribution >= 4 is 10.9 Å². The molecular formula is C19H22N2O2. The lowest BCUT2D eigenvalue weighted by atomic mass is 9.59. The molecule has 120 valence electrons. The van der Waals surface area contributed by atoms with E-state index in [9.17, 15) is 5.11 Å². The van der Waals surface area contributed by atoms with Gasteiger partial charge in [0, 0.05) is 41.0 Å². The van der Waals surface area contributed by atoms with Crippen LogP contribution in [-0.2, 0) is 11.2 Å². The van der Waals surface area contributed by atoms with Gasteiger partial charge < -0.3 is 14.8 Å². The molecule has 6 heterocycles. The van der Waals surface area contributed by atoms with Crippen LogP contribution in [-0.4, -0.2) is 40.0 Å². The second-order valence-electron chi connectivity index (χ2n) is 8.08. The lowest BCUT2D eigenvalue weighted by Crippen LogP contribution is -2.70. The lowest BCUT2D eigenvalue weighted by molar-refractivity contribution is -0.318. The number of H-pyrrole nitrogens is 1.